The minimum Gasteiger partial charge on any atom is -0.504 e. The van der Waals surface area contributed by atoms with Crippen molar-refractivity contribution in [2.24, 2.45) is 0 Å². The van der Waals surface area contributed by atoms with Crippen LogP contribution in [0.1, 0.15) is 25.3 Å². The Bertz CT molecular complexity index is 329. The van der Waals surface area contributed by atoms with Gasteiger partial charge < -0.3 is 20.4 Å². The van der Waals surface area contributed by atoms with Gasteiger partial charge >= 0.3 is 6.16 Å². The quantitative estimate of drug-likeness (QED) is 0.538. The normalized spacial score (nSPS) is 9.27. The molecule has 1 aromatic carbocycles. The van der Waals surface area contributed by atoms with Gasteiger partial charge in [-0.1, -0.05) is 19.9 Å². The molecule has 0 atom stereocenters. The molecule has 0 saturated carbocycles. The summed E-state index contributed by atoms with van der Waals surface area (Å²) in [5, 5.41) is 32.0. The summed E-state index contributed by atoms with van der Waals surface area (Å²) in [6.07, 6.45) is -1.83. The summed E-state index contributed by atoms with van der Waals surface area (Å²) in [5.74, 6) is 0.270. The van der Waals surface area contributed by atoms with Crippen LogP contribution in [0.3, 0.4) is 0 Å². The zero-order valence-corrected chi connectivity index (χ0v) is 8.51. The molecule has 0 aliphatic carbocycles. The fourth-order valence-electron chi connectivity index (χ4n) is 0.900. The fourth-order valence-corrected chi connectivity index (χ4v) is 0.900. The number of aromatic hydroxyl groups is 2. The van der Waals surface area contributed by atoms with Gasteiger partial charge in [0, 0.05) is 0 Å². The molecular weight excluding hydrogens is 200 g/mol. The summed E-state index contributed by atoms with van der Waals surface area (Å²) in [7, 11) is 0. The maximum absolute atomic E-state index is 9.10. The lowest BCUT2D eigenvalue weighted by molar-refractivity contribution is 0.137. The molecule has 1 aromatic rings. The second kappa shape index (κ2) is 5.74. The van der Waals surface area contributed by atoms with Crippen molar-refractivity contribution in [3.05, 3.63) is 23.8 Å². The molecule has 1 rings (SSSR count). The van der Waals surface area contributed by atoms with E-state index in [4.69, 9.17) is 25.2 Å². The smallest absolute Gasteiger partial charge is 0.503 e. The highest BCUT2D eigenvalue weighted by Crippen LogP contribution is 2.27. The van der Waals surface area contributed by atoms with Crippen LogP contribution in [0.2, 0.25) is 0 Å². The van der Waals surface area contributed by atoms with E-state index in [1.54, 1.807) is 12.1 Å². The molecule has 0 spiro atoms. The highest BCUT2D eigenvalue weighted by Gasteiger charge is 2.02. The highest BCUT2D eigenvalue weighted by atomic mass is 16.6. The van der Waals surface area contributed by atoms with E-state index >= 15 is 0 Å². The molecule has 0 aromatic heterocycles. The lowest BCUT2D eigenvalue weighted by atomic mass is 10.0. The predicted octanol–water partition coefficient (Wildman–Crippen LogP) is 2.44. The van der Waals surface area contributed by atoms with Crippen molar-refractivity contribution in [3.63, 3.8) is 0 Å². The number of hydrogen-bond donors (Lipinski definition) is 4. The topological polar surface area (TPSA) is 98.0 Å². The van der Waals surface area contributed by atoms with Crippen molar-refractivity contribution in [2.75, 3.05) is 0 Å². The zero-order valence-electron chi connectivity index (χ0n) is 8.51. The lowest BCUT2D eigenvalue weighted by Gasteiger charge is -2.05. The van der Waals surface area contributed by atoms with Crippen molar-refractivity contribution in [1.29, 1.82) is 0 Å². The molecule has 4 N–H and O–H groups in total. The van der Waals surface area contributed by atoms with Gasteiger partial charge in [0.05, 0.1) is 0 Å². The van der Waals surface area contributed by atoms with Gasteiger partial charge in [-0.2, -0.15) is 0 Å². The van der Waals surface area contributed by atoms with Gasteiger partial charge in [-0.3, -0.25) is 0 Å². The van der Waals surface area contributed by atoms with Gasteiger partial charge in [-0.05, 0) is 23.6 Å². The van der Waals surface area contributed by atoms with E-state index in [1.807, 2.05) is 13.8 Å². The van der Waals surface area contributed by atoms with E-state index in [-0.39, 0.29) is 11.5 Å². The molecule has 0 fully saturated rings. The summed E-state index contributed by atoms with van der Waals surface area (Å²) in [6, 6.07) is 4.89. The lowest BCUT2D eigenvalue weighted by Crippen LogP contribution is -1.85. The first-order chi connectivity index (χ1) is 6.84. The van der Waals surface area contributed by atoms with E-state index < -0.39 is 6.16 Å². The van der Waals surface area contributed by atoms with Crippen LogP contribution < -0.4 is 0 Å². The summed E-state index contributed by atoms with van der Waals surface area (Å²) in [5.41, 5.74) is 1.03. The molecule has 84 valence electrons. The van der Waals surface area contributed by atoms with Gasteiger partial charge in [-0.25, -0.2) is 4.79 Å². The van der Waals surface area contributed by atoms with Crippen LogP contribution in [0.5, 0.6) is 11.5 Å². The Morgan fingerprint density at radius 1 is 1.13 bits per heavy atom. The van der Waals surface area contributed by atoms with Crippen LogP contribution in [0, 0.1) is 0 Å². The Morgan fingerprint density at radius 3 is 1.93 bits per heavy atom. The summed E-state index contributed by atoms with van der Waals surface area (Å²) < 4.78 is 0. The largest absolute Gasteiger partial charge is 0.504 e. The third-order valence-electron chi connectivity index (χ3n) is 1.67. The van der Waals surface area contributed by atoms with Gasteiger partial charge in [0.25, 0.3) is 0 Å². The molecule has 0 aliphatic rings. The molecule has 0 unspecified atom stereocenters. The number of benzene rings is 1. The van der Waals surface area contributed by atoms with Crippen LogP contribution in [0.25, 0.3) is 0 Å². The second-order valence-electron chi connectivity index (χ2n) is 3.19. The SMILES string of the molecule is CC(C)c1ccc(O)c(O)c1.O=C(O)O. The van der Waals surface area contributed by atoms with Crippen LogP contribution in [0.4, 0.5) is 4.79 Å². The number of hydrogen-bond acceptors (Lipinski definition) is 3. The first-order valence-electron chi connectivity index (χ1n) is 4.28. The number of phenolic OH excluding ortho intramolecular Hbond substituents is 2. The molecule has 0 aliphatic heterocycles. The first-order valence-corrected chi connectivity index (χ1v) is 4.28. The van der Waals surface area contributed by atoms with E-state index in [0.717, 1.165) is 5.56 Å². The third-order valence-corrected chi connectivity index (χ3v) is 1.67. The molecule has 0 bridgehead atoms. The number of phenols is 2. The maximum atomic E-state index is 9.10. The first kappa shape index (κ1) is 13.1. The van der Waals surface area contributed by atoms with Crippen LogP contribution in [-0.4, -0.2) is 26.6 Å². The number of rotatable bonds is 1. The number of carboxylic acid groups (broad SMARTS) is 2. The maximum Gasteiger partial charge on any atom is 0.503 e. The standard InChI is InChI=1S/C9H12O2.CH2O3/c1-6(2)7-3-4-8(10)9(11)5-7;2-1(3)4/h3-6,10-11H,1-2H3;(H2,2,3,4). The summed E-state index contributed by atoms with van der Waals surface area (Å²) in [4.78, 5) is 8.56. The Kier molecular flexibility index (Phi) is 5.01. The zero-order chi connectivity index (χ0) is 12.0. The van der Waals surface area contributed by atoms with Gasteiger partial charge in [0.15, 0.2) is 11.5 Å². The molecule has 0 heterocycles. The highest BCUT2D eigenvalue weighted by molar-refractivity contribution is 5.53. The number of carbonyl (C=O) groups is 1. The van der Waals surface area contributed by atoms with Crippen molar-refractivity contribution >= 4 is 6.16 Å². The van der Waals surface area contributed by atoms with Gasteiger partial charge in [0.2, 0.25) is 0 Å². The monoisotopic (exact) mass is 214 g/mol. The minimum absolute atomic E-state index is 0.0452. The molecule has 5 heteroatoms. The van der Waals surface area contributed by atoms with Crippen LogP contribution >= 0.6 is 0 Å². The van der Waals surface area contributed by atoms with Crippen molar-refractivity contribution in [1.82, 2.24) is 0 Å². The predicted molar refractivity (Wildman–Crippen MR) is 54.5 cm³/mol. The Hall–Kier alpha value is -1.91. The van der Waals surface area contributed by atoms with Crippen LogP contribution in [0.15, 0.2) is 18.2 Å². The minimum atomic E-state index is -1.83. The third kappa shape index (κ3) is 5.41. The van der Waals surface area contributed by atoms with E-state index in [0.29, 0.717) is 5.92 Å². The molecule has 0 saturated heterocycles. The molecule has 15 heavy (non-hydrogen) atoms. The van der Waals surface area contributed by atoms with Crippen LogP contribution in [-0.2, 0) is 0 Å². The molecule has 0 radical (unpaired) electrons. The van der Waals surface area contributed by atoms with Crippen molar-refractivity contribution in [2.45, 2.75) is 19.8 Å². The Balaban J connectivity index is 0.000000423. The van der Waals surface area contributed by atoms with Crippen molar-refractivity contribution < 1.29 is 25.2 Å². The fraction of sp³-hybridized carbons (Fsp3) is 0.300. The van der Waals surface area contributed by atoms with Crippen molar-refractivity contribution in [3.8, 4) is 11.5 Å². The van der Waals surface area contributed by atoms with Gasteiger partial charge in [-0.15, -0.1) is 0 Å². The summed E-state index contributed by atoms with van der Waals surface area (Å²) >= 11 is 0. The Morgan fingerprint density at radius 2 is 1.60 bits per heavy atom. The van der Waals surface area contributed by atoms with E-state index in [9.17, 15) is 0 Å². The average Bonchev–Trinajstić information content (AvgIpc) is 2.08. The molecule has 5 nitrogen and oxygen atoms in total. The summed E-state index contributed by atoms with van der Waals surface area (Å²) in [6.45, 7) is 4.07. The average molecular weight is 214 g/mol. The van der Waals surface area contributed by atoms with E-state index in [1.165, 1.54) is 6.07 Å². The molecule has 0 amide bonds. The van der Waals surface area contributed by atoms with Gasteiger partial charge in [0.1, 0.15) is 0 Å². The second-order valence-corrected chi connectivity index (χ2v) is 3.19. The Labute approximate surface area is 87.2 Å². The molecular formula is C10H14O5. The van der Waals surface area contributed by atoms with E-state index in [2.05, 4.69) is 0 Å².